The minimum atomic E-state index is 0.438. The molecule has 1 aromatic rings. The molecule has 0 aromatic heterocycles. The van der Waals surface area contributed by atoms with E-state index in [4.69, 9.17) is 0 Å². The van der Waals surface area contributed by atoms with Crippen molar-refractivity contribution in [3.05, 3.63) is 29.3 Å². The van der Waals surface area contributed by atoms with Crippen LogP contribution in [0.3, 0.4) is 0 Å². The lowest BCUT2D eigenvalue weighted by molar-refractivity contribution is 0.182. The zero-order valence-electron chi connectivity index (χ0n) is 17.0. The van der Waals surface area contributed by atoms with Crippen LogP contribution in [0.1, 0.15) is 102 Å². The molecule has 0 spiro atoms. The van der Waals surface area contributed by atoms with Crippen LogP contribution >= 0.6 is 0 Å². The van der Waals surface area contributed by atoms with Gasteiger partial charge in [0.15, 0.2) is 0 Å². The Morgan fingerprint density at radius 2 is 1.54 bits per heavy atom. The van der Waals surface area contributed by atoms with Crippen molar-refractivity contribution in [1.29, 1.82) is 0 Å². The van der Waals surface area contributed by atoms with E-state index in [1.54, 1.807) is 0 Å². The Balaban J connectivity index is 1.32. The normalized spacial score (nSPS) is 25.8. The van der Waals surface area contributed by atoms with Gasteiger partial charge in [-0.1, -0.05) is 77.2 Å². The first kappa shape index (κ1) is 19.8. The van der Waals surface area contributed by atoms with E-state index in [-0.39, 0.29) is 0 Å². The second kappa shape index (κ2) is 10.4. The molecule has 1 nitrogen and oxygen atoms in total. The average molecular weight is 357 g/mol. The lowest BCUT2D eigenvalue weighted by Gasteiger charge is -2.36. The molecular weight excluding hydrogens is 316 g/mol. The van der Waals surface area contributed by atoms with Crippen LogP contribution in [0.2, 0.25) is 0 Å². The van der Waals surface area contributed by atoms with Gasteiger partial charge in [-0.3, -0.25) is 0 Å². The minimum absolute atomic E-state index is 0.438. The molecule has 0 amide bonds. The van der Waals surface area contributed by atoms with E-state index >= 15 is 0 Å². The minimum Gasteiger partial charge on any atom is -0.508 e. The second-order valence-corrected chi connectivity index (χ2v) is 9.15. The van der Waals surface area contributed by atoms with E-state index in [1.807, 2.05) is 12.1 Å². The van der Waals surface area contributed by atoms with Gasteiger partial charge in [0.05, 0.1) is 0 Å². The number of hydrogen-bond acceptors (Lipinski definition) is 1. The fourth-order valence-electron chi connectivity index (χ4n) is 5.51. The van der Waals surface area contributed by atoms with Crippen molar-refractivity contribution in [2.45, 2.75) is 103 Å². The monoisotopic (exact) mass is 356 g/mol. The highest BCUT2D eigenvalue weighted by Crippen LogP contribution is 2.41. The number of unbranched alkanes of at least 4 members (excludes halogenated alkanes) is 6. The second-order valence-electron chi connectivity index (χ2n) is 9.15. The number of aromatic hydroxyl groups is 1. The Hall–Kier alpha value is -0.980. The van der Waals surface area contributed by atoms with Crippen LogP contribution in [0.4, 0.5) is 0 Å². The molecule has 0 heterocycles. The van der Waals surface area contributed by atoms with E-state index in [2.05, 4.69) is 13.0 Å². The molecule has 1 N–H and O–H groups in total. The third-order valence-corrected chi connectivity index (χ3v) is 7.23. The van der Waals surface area contributed by atoms with Crippen LogP contribution in [0.5, 0.6) is 5.75 Å². The Kier molecular flexibility index (Phi) is 7.89. The Morgan fingerprint density at radius 3 is 2.31 bits per heavy atom. The lowest BCUT2D eigenvalue weighted by Crippen LogP contribution is -2.26. The smallest absolute Gasteiger partial charge is 0.115 e. The molecule has 3 rings (SSSR count). The maximum Gasteiger partial charge on any atom is 0.115 e. The maximum absolute atomic E-state index is 9.67. The highest BCUT2D eigenvalue weighted by atomic mass is 16.3. The van der Waals surface area contributed by atoms with Gasteiger partial charge in [-0.25, -0.2) is 0 Å². The molecule has 0 aliphatic heterocycles. The van der Waals surface area contributed by atoms with Crippen molar-refractivity contribution in [3.63, 3.8) is 0 Å². The lowest BCUT2D eigenvalue weighted by atomic mass is 9.69. The quantitative estimate of drug-likeness (QED) is 0.456. The van der Waals surface area contributed by atoms with Gasteiger partial charge >= 0.3 is 0 Å². The standard InChI is InChI=1S/C25H40O/c1-2-3-4-5-6-7-8-9-20-10-12-21(13-11-20)22-14-15-24-19-25(26)17-16-23(24)18-22/h16-17,19-22,26H,2-15,18H2,1H3. The topological polar surface area (TPSA) is 20.2 Å². The van der Waals surface area contributed by atoms with Crippen LogP contribution in [0.25, 0.3) is 0 Å². The maximum atomic E-state index is 9.67. The number of rotatable bonds is 9. The van der Waals surface area contributed by atoms with Crippen LogP contribution < -0.4 is 0 Å². The van der Waals surface area contributed by atoms with Gasteiger partial charge in [0, 0.05) is 0 Å². The molecule has 2 aliphatic carbocycles. The zero-order chi connectivity index (χ0) is 18.2. The summed E-state index contributed by atoms with van der Waals surface area (Å²) in [7, 11) is 0. The van der Waals surface area contributed by atoms with Crippen LogP contribution in [-0.4, -0.2) is 5.11 Å². The highest BCUT2D eigenvalue weighted by molar-refractivity contribution is 5.36. The van der Waals surface area contributed by atoms with Crippen molar-refractivity contribution < 1.29 is 5.11 Å². The summed E-state index contributed by atoms with van der Waals surface area (Å²) in [5.74, 6) is 3.32. The summed E-state index contributed by atoms with van der Waals surface area (Å²) in [4.78, 5) is 0. The van der Waals surface area contributed by atoms with Crippen molar-refractivity contribution >= 4 is 0 Å². The van der Waals surface area contributed by atoms with Crippen LogP contribution in [-0.2, 0) is 12.8 Å². The molecule has 0 saturated heterocycles. The van der Waals surface area contributed by atoms with Gasteiger partial charge in [-0.15, -0.1) is 0 Å². The fourth-order valence-corrected chi connectivity index (χ4v) is 5.51. The van der Waals surface area contributed by atoms with Crippen LogP contribution in [0, 0.1) is 17.8 Å². The highest BCUT2D eigenvalue weighted by Gasteiger charge is 2.30. The molecule has 0 bridgehead atoms. The predicted molar refractivity (Wildman–Crippen MR) is 112 cm³/mol. The Bertz CT molecular complexity index is 527. The third-order valence-electron chi connectivity index (χ3n) is 7.23. The molecule has 1 heteroatoms. The van der Waals surface area contributed by atoms with Gasteiger partial charge in [-0.05, 0) is 73.1 Å². The fraction of sp³-hybridized carbons (Fsp3) is 0.760. The Morgan fingerprint density at radius 1 is 0.808 bits per heavy atom. The summed E-state index contributed by atoms with van der Waals surface area (Å²) in [6, 6.07) is 6.04. The predicted octanol–water partition coefficient (Wildman–Crippen LogP) is 7.44. The van der Waals surface area contributed by atoms with Crippen molar-refractivity contribution in [3.8, 4) is 5.75 Å². The molecule has 1 atom stereocenters. The molecule has 1 fully saturated rings. The van der Waals surface area contributed by atoms with E-state index in [0.29, 0.717) is 5.75 Å². The zero-order valence-corrected chi connectivity index (χ0v) is 17.0. The van der Waals surface area contributed by atoms with Gasteiger partial charge in [0.2, 0.25) is 0 Å². The molecule has 0 radical (unpaired) electrons. The summed E-state index contributed by atoms with van der Waals surface area (Å²) in [5, 5.41) is 9.67. The first-order valence-electron chi connectivity index (χ1n) is 11.6. The molecule has 1 aromatic carbocycles. The molecule has 1 unspecified atom stereocenters. The summed E-state index contributed by atoms with van der Waals surface area (Å²) in [5.41, 5.74) is 2.90. The molecule has 146 valence electrons. The largest absolute Gasteiger partial charge is 0.508 e. The van der Waals surface area contributed by atoms with E-state index in [0.717, 1.165) is 17.8 Å². The Labute approximate surface area is 161 Å². The van der Waals surface area contributed by atoms with Gasteiger partial charge in [0.25, 0.3) is 0 Å². The summed E-state index contributed by atoms with van der Waals surface area (Å²) < 4.78 is 0. The van der Waals surface area contributed by atoms with Crippen molar-refractivity contribution in [2.24, 2.45) is 17.8 Å². The number of fused-ring (bicyclic) bond motifs is 1. The van der Waals surface area contributed by atoms with Gasteiger partial charge in [0.1, 0.15) is 5.75 Å². The molecular formula is C25H40O. The van der Waals surface area contributed by atoms with Gasteiger partial charge in [-0.2, -0.15) is 0 Å². The van der Waals surface area contributed by atoms with E-state index < -0.39 is 0 Å². The summed E-state index contributed by atoms with van der Waals surface area (Å²) >= 11 is 0. The van der Waals surface area contributed by atoms with E-state index in [9.17, 15) is 5.11 Å². The van der Waals surface area contributed by atoms with Crippen molar-refractivity contribution in [1.82, 2.24) is 0 Å². The summed E-state index contributed by atoms with van der Waals surface area (Å²) in [6.07, 6.45) is 21.3. The SMILES string of the molecule is CCCCCCCCCC1CCC(C2CCc3cc(O)ccc3C2)CC1. The number of hydrogen-bond donors (Lipinski definition) is 1. The molecule has 2 aliphatic rings. The number of benzene rings is 1. The average Bonchev–Trinajstić information content (AvgIpc) is 2.67. The third kappa shape index (κ3) is 5.76. The number of phenolic OH excluding ortho intramolecular Hbond substituents is 1. The summed E-state index contributed by atoms with van der Waals surface area (Å²) in [6.45, 7) is 2.30. The molecule has 26 heavy (non-hydrogen) atoms. The number of aryl methyl sites for hydroxylation is 1. The number of phenols is 1. The van der Waals surface area contributed by atoms with Crippen molar-refractivity contribution in [2.75, 3.05) is 0 Å². The molecule has 1 saturated carbocycles. The first-order valence-corrected chi connectivity index (χ1v) is 11.6. The van der Waals surface area contributed by atoms with E-state index in [1.165, 1.54) is 107 Å². The first-order chi connectivity index (χ1) is 12.8. The van der Waals surface area contributed by atoms with Crippen LogP contribution in [0.15, 0.2) is 18.2 Å². The van der Waals surface area contributed by atoms with Gasteiger partial charge < -0.3 is 5.11 Å².